The minimum atomic E-state index is 0.0270. The molecule has 2 rings (SSSR count). The summed E-state index contributed by atoms with van der Waals surface area (Å²) in [6.07, 6.45) is 2.59. The molecule has 1 aliphatic heterocycles. The summed E-state index contributed by atoms with van der Waals surface area (Å²) < 4.78 is 0. The minimum Gasteiger partial charge on any atom is -0.325 e. The summed E-state index contributed by atoms with van der Waals surface area (Å²) in [7, 11) is 0. The van der Waals surface area contributed by atoms with Gasteiger partial charge in [-0.25, -0.2) is 0 Å². The Hall–Kier alpha value is -1.00. The van der Waals surface area contributed by atoms with Crippen LogP contribution >= 0.6 is 11.8 Å². The second-order valence-electron chi connectivity index (χ2n) is 4.18. The molecule has 1 amide bonds. The molecule has 17 heavy (non-hydrogen) atoms. The van der Waals surface area contributed by atoms with Crippen LogP contribution in [0.3, 0.4) is 0 Å². The van der Waals surface area contributed by atoms with Gasteiger partial charge in [-0.15, -0.1) is 0 Å². The maximum atomic E-state index is 11.6. The molecule has 0 spiro atoms. The van der Waals surface area contributed by atoms with Crippen molar-refractivity contribution in [3.63, 3.8) is 0 Å². The van der Waals surface area contributed by atoms with E-state index in [0.717, 1.165) is 12.2 Å². The molecule has 4 heteroatoms. The summed E-state index contributed by atoms with van der Waals surface area (Å²) in [6.45, 7) is 1.33. The first-order chi connectivity index (χ1) is 8.34. The normalized spacial score (nSPS) is 19.2. The third kappa shape index (κ3) is 4.40. The van der Waals surface area contributed by atoms with E-state index in [9.17, 15) is 4.79 Å². The van der Waals surface area contributed by atoms with E-state index in [0.29, 0.717) is 11.8 Å². The van der Waals surface area contributed by atoms with Gasteiger partial charge in [-0.1, -0.05) is 18.2 Å². The van der Waals surface area contributed by atoms with Gasteiger partial charge in [-0.2, -0.15) is 11.8 Å². The maximum Gasteiger partial charge on any atom is 0.238 e. The van der Waals surface area contributed by atoms with E-state index < -0.39 is 0 Å². The minimum absolute atomic E-state index is 0.0270. The molecule has 0 aliphatic carbocycles. The van der Waals surface area contributed by atoms with Gasteiger partial charge >= 0.3 is 0 Å². The number of rotatable bonds is 5. The number of nitrogens with one attached hydrogen (secondary N) is 2. The number of benzene rings is 1. The Bertz CT molecular complexity index is 350. The molecule has 0 saturated carbocycles. The number of anilines is 1. The molecular weight excluding hydrogens is 232 g/mol. The van der Waals surface area contributed by atoms with E-state index in [4.69, 9.17) is 0 Å². The first-order valence-electron chi connectivity index (χ1n) is 6.02. The summed E-state index contributed by atoms with van der Waals surface area (Å²) in [6, 6.07) is 9.55. The zero-order valence-electron chi connectivity index (χ0n) is 9.82. The number of para-hydroxylation sites is 1. The standard InChI is InChI=1S/C13H18N2OS/c16-13(15-11-5-2-1-3-6-11)10-14-9-12-7-4-8-17-12/h1-3,5-6,12,14H,4,7-10H2,(H,15,16). The first-order valence-corrected chi connectivity index (χ1v) is 7.07. The lowest BCUT2D eigenvalue weighted by Crippen LogP contribution is -2.32. The fraction of sp³-hybridized carbons (Fsp3) is 0.462. The molecule has 1 heterocycles. The number of carbonyl (C=O) groups excluding carboxylic acids is 1. The highest BCUT2D eigenvalue weighted by Gasteiger charge is 2.15. The summed E-state index contributed by atoms with van der Waals surface area (Å²) >= 11 is 2.00. The average Bonchev–Trinajstić information content (AvgIpc) is 2.83. The van der Waals surface area contributed by atoms with Crippen molar-refractivity contribution < 1.29 is 4.79 Å². The van der Waals surface area contributed by atoms with Gasteiger partial charge in [0.05, 0.1) is 6.54 Å². The Labute approximate surface area is 106 Å². The van der Waals surface area contributed by atoms with Gasteiger partial charge in [0, 0.05) is 17.5 Å². The van der Waals surface area contributed by atoms with Crippen LogP contribution in [0, 0.1) is 0 Å². The van der Waals surface area contributed by atoms with Crippen LogP contribution < -0.4 is 10.6 Å². The van der Waals surface area contributed by atoms with Crippen molar-refractivity contribution in [2.75, 3.05) is 24.2 Å². The average molecular weight is 250 g/mol. The predicted molar refractivity (Wildman–Crippen MR) is 73.4 cm³/mol. The molecule has 1 aromatic carbocycles. The number of hydrogen-bond acceptors (Lipinski definition) is 3. The van der Waals surface area contributed by atoms with Crippen LogP contribution in [0.5, 0.6) is 0 Å². The quantitative estimate of drug-likeness (QED) is 0.841. The third-order valence-electron chi connectivity index (χ3n) is 2.74. The van der Waals surface area contributed by atoms with Crippen LogP contribution in [0.2, 0.25) is 0 Å². The number of hydrogen-bond donors (Lipinski definition) is 2. The summed E-state index contributed by atoms with van der Waals surface area (Å²) in [5, 5.41) is 6.77. The highest BCUT2D eigenvalue weighted by Crippen LogP contribution is 2.25. The van der Waals surface area contributed by atoms with Gasteiger partial charge in [-0.05, 0) is 30.7 Å². The highest BCUT2D eigenvalue weighted by atomic mass is 32.2. The molecule has 1 aliphatic rings. The monoisotopic (exact) mass is 250 g/mol. The van der Waals surface area contributed by atoms with Crippen LogP contribution in [-0.4, -0.2) is 30.0 Å². The number of thioether (sulfide) groups is 1. The first kappa shape index (κ1) is 12.5. The van der Waals surface area contributed by atoms with Gasteiger partial charge in [0.25, 0.3) is 0 Å². The van der Waals surface area contributed by atoms with Gasteiger partial charge in [0.1, 0.15) is 0 Å². The van der Waals surface area contributed by atoms with Crippen LogP contribution in [0.15, 0.2) is 30.3 Å². The van der Waals surface area contributed by atoms with Gasteiger partial charge in [0.15, 0.2) is 0 Å². The maximum absolute atomic E-state index is 11.6. The Balaban J connectivity index is 1.64. The predicted octanol–water partition coefficient (Wildman–Crippen LogP) is 2.11. The van der Waals surface area contributed by atoms with E-state index in [2.05, 4.69) is 10.6 Å². The van der Waals surface area contributed by atoms with E-state index in [1.165, 1.54) is 18.6 Å². The molecule has 0 radical (unpaired) electrons. The lowest BCUT2D eigenvalue weighted by atomic mass is 10.2. The Morgan fingerprint density at radius 1 is 1.35 bits per heavy atom. The van der Waals surface area contributed by atoms with Crippen molar-refractivity contribution in [3.05, 3.63) is 30.3 Å². The molecule has 0 bridgehead atoms. The molecule has 92 valence electrons. The topological polar surface area (TPSA) is 41.1 Å². The molecule has 1 unspecified atom stereocenters. The molecule has 0 aromatic heterocycles. The van der Waals surface area contributed by atoms with E-state index >= 15 is 0 Å². The van der Waals surface area contributed by atoms with E-state index in [1.807, 2.05) is 42.1 Å². The van der Waals surface area contributed by atoms with Crippen molar-refractivity contribution in [1.29, 1.82) is 0 Å². The van der Waals surface area contributed by atoms with Gasteiger partial charge < -0.3 is 10.6 Å². The second-order valence-corrected chi connectivity index (χ2v) is 5.59. The summed E-state index contributed by atoms with van der Waals surface area (Å²) in [5.41, 5.74) is 0.856. The fourth-order valence-electron chi connectivity index (χ4n) is 1.88. The largest absolute Gasteiger partial charge is 0.325 e. The number of amides is 1. The van der Waals surface area contributed by atoms with Gasteiger partial charge in [0.2, 0.25) is 5.91 Å². The molecule has 1 aromatic rings. The Morgan fingerprint density at radius 2 is 2.18 bits per heavy atom. The SMILES string of the molecule is O=C(CNCC1CCCS1)Nc1ccccc1. The van der Waals surface area contributed by atoms with Crippen LogP contribution in [0.25, 0.3) is 0 Å². The third-order valence-corrected chi connectivity index (χ3v) is 4.14. The summed E-state index contributed by atoms with van der Waals surface area (Å²) in [5.74, 6) is 1.29. The Kier molecular flexibility index (Phi) is 4.88. The second kappa shape index (κ2) is 6.67. The van der Waals surface area contributed by atoms with Crippen LogP contribution in [0.4, 0.5) is 5.69 Å². The van der Waals surface area contributed by atoms with E-state index in [-0.39, 0.29) is 5.91 Å². The zero-order chi connectivity index (χ0) is 11.9. The molecule has 3 nitrogen and oxygen atoms in total. The highest BCUT2D eigenvalue weighted by molar-refractivity contribution is 8.00. The van der Waals surface area contributed by atoms with Crippen molar-refractivity contribution in [2.45, 2.75) is 18.1 Å². The molecular formula is C13H18N2OS. The summed E-state index contributed by atoms with van der Waals surface area (Å²) in [4.78, 5) is 11.6. The molecule has 1 fully saturated rings. The lowest BCUT2D eigenvalue weighted by Gasteiger charge is -2.10. The van der Waals surface area contributed by atoms with E-state index in [1.54, 1.807) is 0 Å². The van der Waals surface area contributed by atoms with Crippen molar-refractivity contribution in [3.8, 4) is 0 Å². The fourth-order valence-corrected chi connectivity index (χ4v) is 3.11. The van der Waals surface area contributed by atoms with Gasteiger partial charge in [-0.3, -0.25) is 4.79 Å². The smallest absolute Gasteiger partial charge is 0.238 e. The number of carbonyl (C=O) groups is 1. The van der Waals surface area contributed by atoms with Crippen LogP contribution in [0.1, 0.15) is 12.8 Å². The Morgan fingerprint density at radius 3 is 2.88 bits per heavy atom. The zero-order valence-corrected chi connectivity index (χ0v) is 10.6. The van der Waals surface area contributed by atoms with Crippen LogP contribution in [-0.2, 0) is 4.79 Å². The molecule has 1 atom stereocenters. The van der Waals surface area contributed by atoms with Crippen molar-refractivity contribution in [1.82, 2.24) is 5.32 Å². The van der Waals surface area contributed by atoms with Crippen molar-refractivity contribution in [2.24, 2.45) is 0 Å². The molecule has 1 saturated heterocycles. The lowest BCUT2D eigenvalue weighted by molar-refractivity contribution is -0.115. The molecule has 2 N–H and O–H groups in total. The van der Waals surface area contributed by atoms with Crippen molar-refractivity contribution >= 4 is 23.4 Å².